The molecule has 0 aromatic heterocycles. The monoisotopic (exact) mass is 249 g/mol. The van der Waals surface area contributed by atoms with Gasteiger partial charge in [-0.2, -0.15) is 5.26 Å². The molecule has 1 rings (SSSR count). The van der Waals surface area contributed by atoms with E-state index >= 15 is 0 Å². The molecular formula is C12H15N3O3. The number of nitro benzene ring substituents is 1. The van der Waals surface area contributed by atoms with Crippen LogP contribution in [0.25, 0.3) is 0 Å². The SMILES string of the molecule is CNC(C#N)COc1cc(C)c([N+](=O)[O-])cc1C. The summed E-state index contributed by atoms with van der Waals surface area (Å²) >= 11 is 0. The van der Waals surface area contributed by atoms with Crippen molar-refractivity contribution < 1.29 is 9.66 Å². The van der Waals surface area contributed by atoms with Crippen LogP contribution >= 0.6 is 0 Å². The van der Waals surface area contributed by atoms with Gasteiger partial charge in [-0.3, -0.25) is 10.1 Å². The number of benzene rings is 1. The first-order valence-electron chi connectivity index (χ1n) is 5.45. The maximum absolute atomic E-state index is 10.8. The number of nitrogens with zero attached hydrogens (tertiary/aromatic N) is 2. The lowest BCUT2D eigenvalue weighted by molar-refractivity contribution is -0.385. The first kappa shape index (κ1) is 13.9. The van der Waals surface area contributed by atoms with E-state index in [0.29, 0.717) is 16.9 Å². The van der Waals surface area contributed by atoms with E-state index < -0.39 is 11.0 Å². The molecule has 0 saturated carbocycles. The lowest BCUT2D eigenvalue weighted by atomic mass is 10.1. The smallest absolute Gasteiger partial charge is 0.272 e. The zero-order valence-corrected chi connectivity index (χ0v) is 10.6. The van der Waals surface area contributed by atoms with Crippen LogP contribution in [0.2, 0.25) is 0 Å². The molecular weight excluding hydrogens is 234 g/mol. The highest BCUT2D eigenvalue weighted by atomic mass is 16.6. The highest BCUT2D eigenvalue weighted by Crippen LogP contribution is 2.27. The summed E-state index contributed by atoms with van der Waals surface area (Å²) in [7, 11) is 1.67. The molecule has 1 aromatic rings. The van der Waals surface area contributed by atoms with E-state index in [4.69, 9.17) is 10.00 Å². The zero-order chi connectivity index (χ0) is 13.7. The van der Waals surface area contributed by atoms with Crippen molar-refractivity contribution in [3.05, 3.63) is 33.4 Å². The van der Waals surface area contributed by atoms with Gasteiger partial charge in [0.1, 0.15) is 18.4 Å². The number of nitro groups is 1. The van der Waals surface area contributed by atoms with Crippen molar-refractivity contribution in [2.24, 2.45) is 0 Å². The molecule has 0 aliphatic rings. The van der Waals surface area contributed by atoms with Gasteiger partial charge in [-0.15, -0.1) is 0 Å². The normalized spacial score (nSPS) is 11.7. The molecule has 0 saturated heterocycles. The third-order valence-corrected chi connectivity index (χ3v) is 2.60. The maximum Gasteiger partial charge on any atom is 0.272 e. The molecule has 18 heavy (non-hydrogen) atoms. The van der Waals surface area contributed by atoms with Crippen molar-refractivity contribution in [2.45, 2.75) is 19.9 Å². The van der Waals surface area contributed by atoms with Crippen LogP contribution < -0.4 is 10.1 Å². The minimum atomic E-state index is -0.419. The van der Waals surface area contributed by atoms with Crippen molar-refractivity contribution in [3.63, 3.8) is 0 Å². The standard InChI is InChI=1S/C12H15N3O3/c1-8-5-12(18-7-10(6-13)14-3)9(2)4-11(8)15(16)17/h4-5,10,14H,7H2,1-3H3. The van der Waals surface area contributed by atoms with Gasteiger partial charge >= 0.3 is 0 Å². The van der Waals surface area contributed by atoms with Gasteiger partial charge in [-0.1, -0.05) is 0 Å². The quantitative estimate of drug-likeness (QED) is 0.633. The van der Waals surface area contributed by atoms with Gasteiger partial charge in [0.05, 0.1) is 11.0 Å². The predicted octanol–water partition coefficient (Wildman–Crippen LogP) is 1.70. The van der Waals surface area contributed by atoms with E-state index in [-0.39, 0.29) is 12.3 Å². The number of rotatable bonds is 5. The summed E-state index contributed by atoms with van der Waals surface area (Å²) in [4.78, 5) is 10.3. The largest absolute Gasteiger partial charge is 0.491 e. The van der Waals surface area contributed by atoms with Crippen LogP contribution in [0.3, 0.4) is 0 Å². The summed E-state index contributed by atoms with van der Waals surface area (Å²) in [5.74, 6) is 0.564. The lowest BCUT2D eigenvalue weighted by Crippen LogP contribution is -2.30. The van der Waals surface area contributed by atoms with E-state index in [9.17, 15) is 10.1 Å². The van der Waals surface area contributed by atoms with Crippen LogP contribution in [-0.2, 0) is 0 Å². The summed E-state index contributed by atoms with van der Waals surface area (Å²) < 4.78 is 5.49. The summed E-state index contributed by atoms with van der Waals surface area (Å²) in [5, 5.41) is 22.3. The number of ether oxygens (including phenoxy) is 1. The molecule has 0 heterocycles. The van der Waals surface area contributed by atoms with Gasteiger partial charge < -0.3 is 10.1 Å². The van der Waals surface area contributed by atoms with Crippen molar-refractivity contribution in [1.82, 2.24) is 5.32 Å². The Morgan fingerprint density at radius 1 is 1.50 bits per heavy atom. The Kier molecular flexibility index (Phi) is 4.63. The minimum Gasteiger partial charge on any atom is -0.491 e. The highest BCUT2D eigenvalue weighted by molar-refractivity contribution is 5.49. The van der Waals surface area contributed by atoms with E-state index in [1.807, 2.05) is 6.07 Å². The Labute approximate surface area is 105 Å². The second-order valence-corrected chi connectivity index (χ2v) is 3.94. The molecule has 0 amide bonds. The van der Waals surface area contributed by atoms with Crippen LogP contribution in [0.4, 0.5) is 5.69 Å². The summed E-state index contributed by atoms with van der Waals surface area (Å²) in [6, 6.07) is 4.74. The summed E-state index contributed by atoms with van der Waals surface area (Å²) in [6.07, 6.45) is 0. The molecule has 6 nitrogen and oxygen atoms in total. The van der Waals surface area contributed by atoms with E-state index in [0.717, 1.165) is 0 Å². The molecule has 1 atom stereocenters. The fourth-order valence-electron chi connectivity index (χ4n) is 1.48. The number of hydrogen-bond acceptors (Lipinski definition) is 5. The zero-order valence-electron chi connectivity index (χ0n) is 10.6. The highest BCUT2D eigenvalue weighted by Gasteiger charge is 2.14. The Balaban J connectivity index is 2.89. The number of aryl methyl sites for hydroxylation is 2. The average molecular weight is 249 g/mol. The van der Waals surface area contributed by atoms with E-state index in [2.05, 4.69) is 5.32 Å². The molecule has 96 valence electrons. The van der Waals surface area contributed by atoms with Crippen LogP contribution in [0.5, 0.6) is 5.75 Å². The van der Waals surface area contributed by atoms with Crippen LogP contribution in [0, 0.1) is 35.3 Å². The Hall–Kier alpha value is -2.13. The number of nitrogens with one attached hydrogen (secondary N) is 1. The number of likely N-dealkylation sites (N-methyl/N-ethyl adjacent to an activating group) is 1. The third-order valence-electron chi connectivity index (χ3n) is 2.60. The van der Waals surface area contributed by atoms with Crippen LogP contribution in [0.1, 0.15) is 11.1 Å². The van der Waals surface area contributed by atoms with Gasteiger partial charge in [0.2, 0.25) is 0 Å². The Morgan fingerprint density at radius 3 is 2.67 bits per heavy atom. The first-order valence-corrected chi connectivity index (χ1v) is 5.45. The second-order valence-electron chi connectivity index (χ2n) is 3.94. The molecule has 0 fully saturated rings. The second kappa shape index (κ2) is 5.98. The predicted molar refractivity (Wildman–Crippen MR) is 66.5 cm³/mol. The Bertz CT molecular complexity index is 494. The van der Waals surface area contributed by atoms with Crippen molar-refractivity contribution >= 4 is 5.69 Å². The maximum atomic E-state index is 10.8. The number of hydrogen-bond donors (Lipinski definition) is 1. The molecule has 0 bridgehead atoms. The van der Waals surface area contributed by atoms with Gasteiger partial charge in [0.15, 0.2) is 0 Å². The van der Waals surface area contributed by atoms with E-state index in [1.165, 1.54) is 6.07 Å². The molecule has 1 N–H and O–H groups in total. The minimum absolute atomic E-state index is 0.0744. The molecule has 0 aliphatic carbocycles. The van der Waals surface area contributed by atoms with Crippen molar-refractivity contribution in [3.8, 4) is 11.8 Å². The molecule has 1 aromatic carbocycles. The molecule has 1 unspecified atom stereocenters. The van der Waals surface area contributed by atoms with Gasteiger partial charge in [0.25, 0.3) is 5.69 Å². The summed E-state index contributed by atoms with van der Waals surface area (Å²) in [5.41, 5.74) is 1.30. The van der Waals surface area contributed by atoms with Crippen LogP contribution in [0.15, 0.2) is 12.1 Å². The fraction of sp³-hybridized carbons (Fsp3) is 0.417. The first-order chi connectivity index (χ1) is 8.49. The van der Waals surface area contributed by atoms with Crippen molar-refractivity contribution in [2.75, 3.05) is 13.7 Å². The topological polar surface area (TPSA) is 88.2 Å². The third kappa shape index (κ3) is 3.18. The molecule has 6 heteroatoms. The van der Waals surface area contributed by atoms with Gasteiger partial charge in [0, 0.05) is 11.6 Å². The van der Waals surface area contributed by atoms with Crippen LogP contribution in [-0.4, -0.2) is 24.6 Å². The van der Waals surface area contributed by atoms with Crippen molar-refractivity contribution in [1.29, 1.82) is 5.26 Å². The molecule has 0 spiro atoms. The van der Waals surface area contributed by atoms with Gasteiger partial charge in [-0.05, 0) is 32.5 Å². The molecule has 0 radical (unpaired) electrons. The lowest BCUT2D eigenvalue weighted by Gasteiger charge is -2.12. The average Bonchev–Trinajstić information content (AvgIpc) is 2.33. The Morgan fingerprint density at radius 2 is 2.17 bits per heavy atom. The molecule has 0 aliphatic heterocycles. The van der Waals surface area contributed by atoms with E-state index in [1.54, 1.807) is 27.0 Å². The summed E-state index contributed by atoms with van der Waals surface area (Å²) in [6.45, 7) is 3.60. The van der Waals surface area contributed by atoms with Gasteiger partial charge in [-0.25, -0.2) is 0 Å². The number of nitriles is 1. The fourth-order valence-corrected chi connectivity index (χ4v) is 1.48.